The second kappa shape index (κ2) is 9.70. The van der Waals surface area contributed by atoms with Gasteiger partial charge in [-0.25, -0.2) is 8.78 Å². The second-order valence-electron chi connectivity index (χ2n) is 4.69. The zero-order chi connectivity index (χ0) is 18.1. The van der Waals surface area contributed by atoms with Crippen LogP contribution in [0.15, 0.2) is 36.4 Å². The van der Waals surface area contributed by atoms with E-state index in [2.05, 4.69) is 0 Å². The minimum absolute atomic E-state index is 0.0452. The molecule has 0 saturated heterocycles. The summed E-state index contributed by atoms with van der Waals surface area (Å²) in [4.78, 5) is 0. The molecule has 0 aliphatic rings. The molecule has 2 aromatic carbocycles. The first-order valence-electron chi connectivity index (χ1n) is 7.22. The van der Waals surface area contributed by atoms with E-state index in [0.717, 1.165) is 12.1 Å². The fourth-order valence-electron chi connectivity index (χ4n) is 1.79. The first kappa shape index (κ1) is 18.8. The Morgan fingerprint density at radius 3 is 1.56 bits per heavy atom. The van der Waals surface area contributed by atoms with Gasteiger partial charge in [0.1, 0.15) is 11.5 Å². The van der Waals surface area contributed by atoms with Crippen LogP contribution in [-0.2, 0) is 9.47 Å². The minimum Gasteiger partial charge on any atom is -0.528 e. The van der Waals surface area contributed by atoms with Gasteiger partial charge in [-0.05, 0) is 24.3 Å². The fraction of sp³-hybridized carbons (Fsp3) is 0.250. The molecule has 0 bridgehead atoms. The summed E-state index contributed by atoms with van der Waals surface area (Å²) in [6.07, 6.45) is 0. The SMILES string of the molecule is COCOc1ccc(OBOc2ccc(OCOC)c(F)c2)cc1F. The number of hydrogen-bond acceptors (Lipinski definition) is 6. The molecule has 9 heteroatoms. The summed E-state index contributed by atoms with van der Waals surface area (Å²) in [6, 6.07) is 8.14. The number of hydrogen-bond donors (Lipinski definition) is 0. The number of ether oxygens (including phenoxy) is 4. The molecule has 0 fully saturated rings. The molecule has 0 atom stereocenters. The Kier molecular flexibility index (Phi) is 7.30. The minimum atomic E-state index is -0.597. The molecule has 0 N–H and O–H groups in total. The normalized spacial score (nSPS) is 10.2. The van der Waals surface area contributed by atoms with Crippen molar-refractivity contribution < 1.29 is 37.0 Å². The van der Waals surface area contributed by atoms with Crippen LogP contribution in [0.2, 0.25) is 0 Å². The van der Waals surface area contributed by atoms with Crippen molar-refractivity contribution in [1.82, 2.24) is 0 Å². The molecule has 0 aliphatic heterocycles. The molecule has 0 spiro atoms. The van der Waals surface area contributed by atoms with Crippen molar-refractivity contribution in [3.63, 3.8) is 0 Å². The molecular weight excluding hydrogens is 337 g/mol. The third-order valence-electron chi connectivity index (χ3n) is 2.92. The van der Waals surface area contributed by atoms with Crippen LogP contribution in [0.25, 0.3) is 0 Å². The molecule has 134 valence electrons. The third kappa shape index (κ3) is 5.81. The van der Waals surface area contributed by atoms with Crippen molar-refractivity contribution >= 4 is 7.69 Å². The van der Waals surface area contributed by atoms with Gasteiger partial charge in [-0.1, -0.05) is 0 Å². The van der Waals surface area contributed by atoms with E-state index in [4.69, 9.17) is 28.3 Å². The molecule has 6 nitrogen and oxygen atoms in total. The van der Waals surface area contributed by atoms with Crippen LogP contribution in [0.5, 0.6) is 23.0 Å². The third-order valence-corrected chi connectivity index (χ3v) is 2.92. The van der Waals surface area contributed by atoms with Crippen molar-refractivity contribution in [1.29, 1.82) is 0 Å². The molecule has 0 aromatic heterocycles. The lowest BCUT2D eigenvalue weighted by atomic mass is 10.2. The Morgan fingerprint density at radius 1 is 0.760 bits per heavy atom. The van der Waals surface area contributed by atoms with Gasteiger partial charge in [0.05, 0.1) is 0 Å². The van der Waals surface area contributed by atoms with Crippen molar-refractivity contribution in [2.45, 2.75) is 0 Å². The Hall–Kier alpha value is -2.52. The van der Waals surface area contributed by atoms with Gasteiger partial charge in [-0.3, -0.25) is 0 Å². The highest BCUT2D eigenvalue weighted by Gasteiger charge is 2.09. The van der Waals surface area contributed by atoms with E-state index in [1.54, 1.807) is 0 Å². The summed E-state index contributed by atoms with van der Waals surface area (Å²) in [5.74, 6) is -0.626. The topological polar surface area (TPSA) is 55.4 Å². The van der Waals surface area contributed by atoms with Crippen LogP contribution in [0.1, 0.15) is 0 Å². The predicted molar refractivity (Wildman–Crippen MR) is 86.2 cm³/mol. The number of benzene rings is 2. The number of rotatable bonds is 10. The maximum Gasteiger partial charge on any atom is 0.576 e. The van der Waals surface area contributed by atoms with Gasteiger partial charge >= 0.3 is 7.69 Å². The van der Waals surface area contributed by atoms with E-state index in [1.165, 1.54) is 38.5 Å². The average Bonchev–Trinajstić information content (AvgIpc) is 2.60. The first-order valence-corrected chi connectivity index (χ1v) is 7.22. The molecule has 0 radical (unpaired) electrons. The average molecular weight is 354 g/mol. The monoisotopic (exact) mass is 354 g/mol. The smallest absolute Gasteiger partial charge is 0.528 e. The van der Waals surface area contributed by atoms with Crippen molar-refractivity contribution in [2.75, 3.05) is 27.8 Å². The summed E-state index contributed by atoms with van der Waals surface area (Å²) >= 11 is 0. The van der Waals surface area contributed by atoms with E-state index in [1.807, 2.05) is 0 Å². The van der Waals surface area contributed by atoms with Crippen LogP contribution in [-0.4, -0.2) is 35.5 Å². The Balaban J connectivity index is 1.86. The van der Waals surface area contributed by atoms with E-state index in [-0.39, 0.29) is 44.3 Å². The van der Waals surface area contributed by atoms with Crippen LogP contribution >= 0.6 is 0 Å². The van der Waals surface area contributed by atoms with Gasteiger partial charge in [-0.15, -0.1) is 0 Å². The summed E-state index contributed by atoms with van der Waals surface area (Å²) in [6.45, 7) is -0.119. The Labute approximate surface area is 144 Å². The largest absolute Gasteiger partial charge is 0.576 e. The van der Waals surface area contributed by atoms with E-state index in [9.17, 15) is 8.78 Å². The molecule has 0 unspecified atom stereocenters. The standard InChI is InChI=1S/C16H17BF2O6/c1-20-9-22-15-5-3-11(7-13(15)18)24-17-25-12-4-6-16(14(19)8-12)23-10-21-2/h3-8,17H,9-10H2,1-2H3. The Morgan fingerprint density at radius 2 is 1.20 bits per heavy atom. The maximum atomic E-state index is 13.7. The zero-order valence-corrected chi connectivity index (χ0v) is 13.8. The molecule has 0 heterocycles. The van der Waals surface area contributed by atoms with Gasteiger partial charge in [-0.2, -0.15) is 0 Å². The first-order chi connectivity index (χ1) is 12.1. The van der Waals surface area contributed by atoms with Crippen LogP contribution in [0, 0.1) is 11.6 Å². The van der Waals surface area contributed by atoms with Crippen LogP contribution in [0.4, 0.5) is 8.78 Å². The lowest BCUT2D eigenvalue weighted by Gasteiger charge is -2.11. The lowest BCUT2D eigenvalue weighted by molar-refractivity contribution is 0.0481. The molecule has 0 aliphatic carbocycles. The molecule has 0 saturated carbocycles. The fourth-order valence-corrected chi connectivity index (χ4v) is 1.79. The van der Waals surface area contributed by atoms with Crippen molar-refractivity contribution in [3.8, 4) is 23.0 Å². The summed E-state index contributed by atoms with van der Waals surface area (Å²) in [7, 11) is 2.65. The molecular formula is C16H17BF2O6. The highest BCUT2D eigenvalue weighted by Crippen LogP contribution is 2.24. The van der Waals surface area contributed by atoms with Gasteiger partial charge in [0.25, 0.3) is 0 Å². The number of methoxy groups -OCH3 is 2. The van der Waals surface area contributed by atoms with Crippen LogP contribution in [0.3, 0.4) is 0 Å². The van der Waals surface area contributed by atoms with Gasteiger partial charge < -0.3 is 28.3 Å². The Bertz CT molecular complexity index is 628. The summed E-state index contributed by atoms with van der Waals surface area (Å²) in [5.41, 5.74) is 0. The zero-order valence-electron chi connectivity index (χ0n) is 13.8. The molecule has 0 amide bonds. The van der Waals surface area contributed by atoms with Crippen LogP contribution < -0.4 is 18.8 Å². The highest BCUT2D eigenvalue weighted by atomic mass is 19.1. The van der Waals surface area contributed by atoms with Crippen molar-refractivity contribution in [3.05, 3.63) is 48.0 Å². The van der Waals surface area contributed by atoms with E-state index < -0.39 is 11.6 Å². The summed E-state index contributed by atoms with van der Waals surface area (Å²) in [5, 5.41) is 0. The maximum absolute atomic E-state index is 13.7. The predicted octanol–water partition coefficient (Wildman–Crippen LogP) is 2.65. The molecule has 25 heavy (non-hydrogen) atoms. The lowest BCUT2D eigenvalue weighted by Crippen LogP contribution is -2.11. The number of halogens is 2. The van der Waals surface area contributed by atoms with Gasteiger partial charge in [0.2, 0.25) is 0 Å². The van der Waals surface area contributed by atoms with Gasteiger partial charge in [0.15, 0.2) is 36.7 Å². The quantitative estimate of drug-likeness (QED) is 0.483. The van der Waals surface area contributed by atoms with E-state index in [0.29, 0.717) is 0 Å². The summed E-state index contributed by atoms with van der Waals surface area (Å²) < 4.78 is 57.5. The van der Waals surface area contributed by atoms with E-state index >= 15 is 0 Å². The van der Waals surface area contributed by atoms with Gasteiger partial charge in [0, 0.05) is 26.4 Å². The molecule has 2 aromatic rings. The second-order valence-corrected chi connectivity index (χ2v) is 4.69. The van der Waals surface area contributed by atoms with Crippen molar-refractivity contribution in [2.24, 2.45) is 0 Å². The highest BCUT2D eigenvalue weighted by molar-refractivity contribution is 6.20. The molecule has 2 rings (SSSR count).